The minimum absolute atomic E-state index is 0.362. The summed E-state index contributed by atoms with van der Waals surface area (Å²) in [6.45, 7) is 0. The Balaban J connectivity index is 2.56. The Morgan fingerprint density at radius 3 is 2.41 bits per heavy atom. The van der Waals surface area contributed by atoms with Gasteiger partial charge in [-0.25, -0.2) is 19.3 Å². The van der Waals surface area contributed by atoms with E-state index in [1.807, 2.05) is 0 Å². The predicted octanol–water partition coefficient (Wildman–Crippen LogP) is 2.01. The number of guanidine groups is 1. The van der Waals surface area contributed by atoms with Gasteiger partial charge in [-0.1, -0.05) is 18.2 Å². The monoisotopic (exact) mass is 251 g/mol. The summed E-state index contributed by atoms with van der Waals surface area (Å²) in [4.78, 5) is 7.04. The molecule has 4 nitrogen and oxygen atoms in total. The first-order chi connectivity index (χ1) is 7.92. The van der Waals surface area contributed by atoms with Crippen molar-refractivity contribution >= 4 is 11.6 Å². The Morgan fingerprint density at radius 1 is 1.29 bits per heavy atom. The Kier molecular flexibility index (Phi) is 4.27. The van der Waals surface area contributed by atoms with Gasteiger partial charge in [0.2, 0.25) is 5.96 Å². The number of nitrogens with zero attached hydrogens (tertiary/aromatic N) is 1. The average molecular weight is 251 g/mol. The molecule has 0 unspecified atom stereocenters. The fourth-order valence-corrected chi connectivity index (χ4v) is 0.829. The molecule has 1 aromatic rings. The highest BCUT2D eigenvalue weighted by molar-refractivity contribution is 5.79. The van der Waals surface area contributed by atoms with Crippen LogP contribution >= 0.6 is 0 Å². The SMILES string of the molecule is NC(=Nc1ccccc1)NOC(F)(F)C(F)F. The van der Waals surface area contributed by atoms with Crippen molar-refractivity contribution in [2.75, 3.05) is 0 Å². The number of hydrogen-bond acceptors (Lipinski definition) is 2. The van der Waals surface area contributed by atoms with Crippen LogP contribution in [0.2, 0.25) is 0 Å². The molecule has 1 aromatic carbocycles. The second-order valence-corrected chi connectivity index (χ2v) is 2.90. The summed E-state index contributed by atoms with van der Waals surface area (Å²) < 4.78 is 48.0. The van der Waals surface area contributed by atoms with E-state index in [1.54, 1.807) is 30.3 Å². The number of nitrogens with one attached hydrogen (secondary N) is 1. The Morgan fingerprint density at radius 2 is 1.88 bits per heavy atom. The third-order valence-electron chi connectivity index (χ3n) is 1.55. The quantitative estimate of drug-likeness (QED) is 0.372. The number of alkyl halides is 4. The van der Waals surface area contributed by atoms with Crippen LogP contribution in [-0.4, -0.2) is 18.5 Å². The normalized spacial score (nSPS) is 12.9. The lowest BCUT2D eigenvalue weighted by Gasteiger charge is -2.15. The van der Waals surface area contributed by atoms with Gasteiger partial charge < -0.3 is 5.73 Å². The van der Waals surface area contributed by atoms with Gasteiger partial charge in [0, 0.05) is 0 Å². The largest absolute Gasteiger partial charge is 0.436 e. The van der Waals surface area contributed by atoms with Crippen LogP contribution in [0.25, 0.3) is 0 Å². The maximum Gasteiger partial charge on any atom is 0.436 e. The first-order valence-electron chi connectivity index (χ1n) is 4.41. The van der Waals surface area contributed by atoms with E-state index in [1.165, 1.54) is 5.48 Å². The molecule has 0 aromatic heterocycles. The lowest BCUT2D eigenvalue weighted by Crippen LogP contribution is -2.41. The predicted molar refractivity (Wildman–Crippen MR) is 52.9 cm³/mol. The van der Waals surface area contributed by atoms with E-state index in [9.17, 15) is 17.6 Å². The average Bonchev–Trinajstić information content (AvgIpc) is 2.28. The highest BCUT2D eigenvalue weighted by Gasteiger charge is 2.43. The first kappa shape index (κ1) is 13.2. The van der Waals surface area contributed by atoms with E-state index < -0.39 is 18.5 Å². The molecule has 0 aliphatic heterocycles. The van der Waals surface area contributed by atoms with Gasteiger partial charge in [-0.3, -0.25) is 0 Å². The maximum atomic E-state index is 12.3. The van der Waals surface area contributed by atoms with Crippen LogP contribution in [0, 0.1) is 0 Å². The molecule has 0 saturated carbocycles. The van der Waals surface area contributed by atoms with E-state index in [0.717, 1.165) is 0 Å². The summed E-state index contributed by atoms with van der Waals surface area (Å²) in [6.07, 6.45) is -8.59. The number of aliphatic imine (C=N–C) groups is 1. The van der Waals surface area contributed by atoms with Gasteiger partial charge in [0.05, 0.1) is 5.69 Å². The van der Waals surface area contributed by atoms with Gasteiger partial charge in [-0.05, 0) is 12.1 Å². The summed E-state index contributed by atoms with van der Waals surface area (Å²) in [7, 11) is 0. The van der Waals surface area contributed by atoms with Crippen molar-refractivity contribution in [3.8, 4) is 0 Å². The van der Waals surface area contributed by atoms with Gasteiger partial charge in [0.1, 0.15) is 0 Å². The molecule has 0 aliphatic carbocycles. The molecule has 0 heterocycles. The van der Waals surface area contributed by atoms with Gasteiger partial charge >= 0.3 is 12.5 Å². The Labute approximate surface area is 94.0 Å². The van der Waals surface area contributed by atoms with E-state index >= 15 is 0 Å². The van der Waals surface area contributed by atoms with Crippen LogP contribution in [0.1, 0.15) is 0 Å². The van der Waals surface area contributed by atoms with Crippen LogP contribution in [0.3, 0.4) is 0 Å². The lowest BCUT2D eigenvalue weighted by atomic mass is 10.3. The van der Waals surface area contributed by atoms with Crippen LogP contribution in [-0.2, 0) is 4.84 Å². The van der Waals surface area contributed by atoms with E-state index in [-0.39, 0.29) is 0 Å². The molecule has 0 atom stereocenters. The number of hydroxylamine groups is 1. The highest BCUT2D eigenvalue weighted by Crippen LogP contribution is 2.22. The van der Waals surface area contributed by atoms with Crippen LogP contribution in [0.4, 0.5) is 23.2 Å². The molecule has 0 spiro atoms. The van der Waals surface area contributed by atoms with Crippen molar-refractivity contribution in [1.29, 1.82) is 0 Å². The zero-order chi connectivity index (χ0) is 12.9. The molecule has 8 heteroatoms. The standard InChI is InChI=1S/C9H9F4N3O/c10-7(11)9(12,13)17-16-8(14)15-6-4-2-1-3-5-6/h1-5,7H,(H3,14,15,16). The molecular formula is C9H9F4N3O. The fraction of sp³-hybridized carbons (Fsp3) is 0.222. The van der Waals surface area contributed by atoms with Crippen molar-refractivity contribution in [3.63, 3.8) is 0 Å². The van der Waals surface area contributed by atoms with Gasteiger partial charge in [-0.15, -0.1) is 0 Å². The highest BCUT2D eigenvalue weighted by atomic mass is 19.3. The van der Waals surface area contributed by atoms with Gasteiger partial charge in [0.15, 0.2) is 0 Å². The van der Waals surface area contributed by atoms with Crippen LogP contribution in [0.15, 0.2) is 35.3 Å². The van der Waals surface area contributed by atoms with E-state index in [0.29, 0.717) is 5.69 Å². The summed E-state index contributed by atoms with van der Waals surface area (Å²) in [5.41, 5.74) is 6.96. The zero-order valence-corrected chi connectivity index (χ0v) is 8.41. The van der Waals surface area contributed by atoms with Crippen molar-refractivity contribution < 1.29 is 22.4 Å². The molecular weight excluding hydrogens is 242 g/mol. The van der Waals surface area contributed by atoms with Crippen molar-refractivity contribution in [3.05, 3.63) is 30.3 Å². The minimum Gasteiger partial charge on any atom is -0.368 e. The zero-order valence-electron chi connectivity index (χ0n) is 8.41. The topological polar surface area (TPSA) is 59.6 Å². The Bertz CT molecular complexity index is 383. The van der Waals surface area contributed by atoms with Crippen molar-refractivity contribution in [2.24, 2.45) is 10.7 Å². The van der Waals surface area contributed by atoms with Crippen molar-refractivity contribution in [1.82, 2.24) is 5.48 Å². The number of hydrogen-bond donors (Lipinski definition) is 2. The number of halogens is 4. The number of para-hydroxylation sites is 1. The van der Waals surface area contributed by atoms with Crippen LogP contribution in [0.5, 0.6) is 0 Å². The lowest BCUT2D eigenvalue weighted by molar-refractivity contribution is -0.316. The third-order valence-corrected chi connectivity index (χ3v) is 1.55. The Hall–Kier alpha value is -1.83. The first-order valence-corrected chi connectivity index (χ1v) is 4.41. The van der Waals surface area contributed by atoms with Gasteiger partial charge in [-0.2, -0.15) is 13.6 Å². The fourth-order valence-electron chi connectivity index (χ4n) is 0.829. The maximum absolute atomic E-state index is 12.3. The minimum atomic E-state index is -4.63. The molecule has 0 saturated heterocycles. The van der Waals surface area contributed by atoms with Gasteiger partial charge in [0.25, 0.3) is 0 Å². The number of nitrogens with two attached hydrogens (primary N) is 1. The number of rotatable bonds is 4. The summed E-state index contributed by atoms with van der Waals surface area (Å²) in [5, 5.41) is 0. The van der Waals surface area contributed by atoms with Crippen LogP contribution < -0.4 is 11.2 Å². The molecule has 94 valence electrons. The second-order valence-electron chi connectivity index (χ2n) is 2.90. The summed E-state index contributed by atoms with van der Waals surface area (Å²) in [5.74, 6) is -0.559. The molecule has 0 amide bonds. The van der Waals surface area contributed by atoms with Crippen molar-refractivity contribution in [2.45, 2.75) is 12.5 Å². The molecule has 1 rings (SSSR count). The molecule has 0 aliphatic rings. The number of benzene rings is 1. The third kappa shape index (κ3) is 4.27. The summed E-state index contributed by atoms with van der Waals surface area (Å²) in [6, 6.07) is 8.07. The second kappa shape index (κ2) is 5.48. The summed E-state index contributed by atoms with van der Waals surface area (Å²) >= 11 is 0. The molecule has 0 radical (unpaired) electrons. The molecule has 0 bridgehead atoms. The van der Waals surface area contributed by atoms with E-state index in [2.05, 4.69) is 9.83 Å². The molecule has 3 N–H and O–H groups in total. The van der Waals surface area contributed by atoms with E-state index in [4.69, 9.17) is 5.73 Å². The smallest absolute Gasteiger partial charge is 0.368 e. The molecule has 17 heavy (non-hydrogen) atoms. The molecule has 0 fully saturated rings.